The van der Waals surface area contributed by atoms with E-state index in [0.717, 1.165) is 25.9 Å². The average molecular weight is 215 g/mol. The van der Waals surface area contributed by atoms with E-state index < -0.39 is 0 Å². The second kappa shape index (κ2) is 6.35. The van der Waals surface area contributed by atoms with Crippen LogP contribution >= 0.6 is 0 Å². The molecule has 0 aliphatic carbocycles. The van der Waals surface area contributed by atoms with Crippen LogP contribution in [-0.2, 0) is 6.54 Å². The van der Waals surface area contributed by atoms with Crippen LogP contribution in [0.2, 0.25) is 0 Å². The van der Waals surface area contributed by atoms with Crippen molar-refractivity contribution in [2.45, 2.75) is 40.2 Å². The van der Waals surface area contributed by atoms with E-state index in [1.807, 2.05) is 0 Å². The average Bonchev–Trinajstić information content (AvgIpc) is 2.20. The summed E-state index contributed by atoms with van der Waals surface area (Å²) in [5.74, 6) is 2.66. The second-order valence-corrected chi connectivity index (χ2v) is 4.36. The highest BCUT2D eigenvalue weighted by atomic mass is 14.8. The third kappa shape index (κ3) is 3.72. The van der Waals surface area contributed by atoms with Gasteiger partial charge in [-0.1, -0.05) is 17.7 Å². The summed E-state index contributed by atoms with van der Waals surface area (Å²) in [5, 5.41) is 3.44. The molecule has 0 aliphatic rings. The predicted octanol–water partition coefficient (Wildman–Crippen LogP) is 3.11. The molecule has 0 amide bonds. The maximum Gasteiger partial charge on any atom is 0.0210 e. The van der Waals surface area contributed by atoms with Gasteiger partial charge < -0.3 is 5.32 Å². The fourth-order valence-corrected chi connectivity index (χ4v) is 2.02. The molecule has 86 valence electrons. The lowest BCUT2D eigenvalue weighted by atomic mass is 10.00. The van der Waals surface area contributed by atoms with E-state index in [1.165, 1.54) is 22.3 Å². The Kier molecular flexibility index (Phi) is 5.08. The molecule has 0 saturated heterocycles. The lowest BCUT2D eigenvalue weighted by molar-refractivity contribution is 0.655. The Morgan fingerprint density at radius 1 is 1.19 bits per heavy atom. The summed E-state index contributed by atoms with van der Waals surface area (Å²) < 4.78 is 0. The molecule has 0 unspecified atom stereocenters. The number of terminal acetylenes is 1. The molecule has 1 aromatic rings. The molecule has 0 heterocycles. The number of nitrogens with one attached hydrogen (secondary N) is 1. The van der Waals surface area contributed by atoms with E-state index in [2.05, 4.69) is 44.1 Å². The summed E-state index contributed by atoms with van der Waals surface area (Å²) in [6.07, 6.45) is 7.12. The van der Waals surface area contributed by atoms with Crippen LogP contribution < -0.4 is 5.32 Å². The number of hydrogen-bond donors (Lipinski definition) is 1. The maximum atomic E-state index is 5.21. The van der Waals surface area contributed by atoms with Crippen molar-refractivity contribution in [2.24, 2.45) is 0 Å². The van der Waals surface area contributed by atoms with Gasteiger partial charge in [-0.05, 0) is 50.4 Å². The summed E-state index contributed by atoms with van der Waals surface area (Å²) in [6.45, 7) is 8.44. The van der Waals surface area contributed by atoms with Crippen LogP contribution in [0.1, 0.15) is 35.1 Å². The Bertz CT molecular complexity index is 362. The van der Waals surface area contributed by atoms with Gasteiger partial charge in [0.05, 0.1) is 0 Å². The molecular weight excluding hydrogens is 194 g/mol. The number of hydrogen-bond acceptors (Lipinski definition) is 1. The standard InChI is InChI=1S/C15H21N/c1-5-6-7-8-16-11-15-13(3)9-12(2)10-14(15)4/h1,9-10,16H,6-8,11H2,2-4H3. The smallest absolute Gasteiger partial charge is 0.0210 e. The third-order valence-electron chi connectivity index (χ3n) is 2.82. The zero-order valence-electron chi connectivity index (χ0n) is 10.6. The normalized spacial score (nSPS) is 10.1. The largest absolute Gasteiger partial charge is 0.313 e. The SMILES string of the molecule is C#CCCCNCc1c(C)cc(C)cc1C. The Morgan fingerprint density at radius 2 is 1.81 bits per heavy atom. The molecule has 1 rings (SSSR count). The first-order chi connectivity index (χ1) is 7.65. The fraction of sp³-hybridized carbons (Fsp3) is 0.467. The van der Waals surface area contributed by atoms with Crippen LogP contribution in [0.4, 0.5) is 0 Å². The molecular formula is C15H21N. The Balaban J connectivity index is 2.51. The van der Waals surface area contributed by atoms with E-state index in [9.17, 15) is 0 Å². The Hall–Kier alpha value is -1.26. The molecule has 0 aromatic heterocycles. The molecule has 0 aliphatic heterocycles. The third-order valence-corrected chi connectivity index (χ3v) is 2.82. The summed E-state index contributed by atoms with van der Waals surface area (Å²) in [6, 6.07) is 4.48. The minimum atomic E-state index is 0.860. The lowest BCUT2D eigenvalue weighted by Gasteiger charge is -2.12. The van der Waals surface area contributed by atoms with Gasteiger partial charge in [-0.3, -0.25) is 0 Å². The second-order valence-electron chi connectivity index (χ2n) is 4.36. The predicted molar refractivity (Wildman–Crippen MR) is 70.4 cm³/mol. The van der Waals surface area contributed by atoms with Crippen LogP contribution in [0.15, 0.2) is 12.1 Å². The first-order valence-corrected chi connectivity index (χ1v) is 5.86. The van der Waals surface area contributed by atoms with Gasteiger partial charge in [0.25, 0.3) is 0 Å². The van der Waals surface area contributed by atoms with Crippen LogP contribution in [0, 0.1) is 33.1 Å². The van der Waals surface area contributed by atoms with Crippen molar-refractivity contribution < 1.29 is 0 Å². The van der Waals surface area contributed by atoms with E-state index in [-0.39, 0.29) is 0 Å². The van der Waals surface area contributed by atoms with Crippen LogP contribution in [0.25, 0.3) is 0 Å². The molecule has 0 bridgehead atoms. The molecule has 0 fully saturated rings. The number of unbranched alkanes of at least 4 members (excludes halogenated alkanes) is 1. The Labute approximate surface area is 99.3 Å². The highest BCUT2D eigenvalue weighted by Crippen LogP contribution is 2.15. The van der Waals surface area contributed by atoms with Crippen molar-refractivity contribution in [3.63, 3.8) is 0 Å². The number of rotatable bonds is 5. The summed E-state index contributed by atoms with van der Waals surface area (Å²) >= 11 is 0. The maximum absolute atomic E-state index is 5.21. The van der Waals surface area contributed by atoms with E-state index in [0.29, 0.717) is 0 Å². The first kappa shape index (κ1) is 12.8. The minimum Gasteiger partial charge on any atom is -0.313 e. The molecule has 0 atom stereocenters. The summed E-state index contributed by atoms with van der Waals surface area (Å²) in [7, 11) is 0. The summed E-state index contributed by atoms with van der Waals surface area (Å²) in [4.78, 5) is 0. The van der Waals surface area contributed by atoms with Crippen LogP contribution in [0.5, 0.6) is 0 Å². The zero-order chi connectivity index (χ0) is 12.0. The van der Waals surface area contributed by atoms with Gasteiger partial charge in [0.15, 0.2) is 0 Å². The highest BCUT2D eigenvalue weighted by molar-refractivity contribution is 5.37. The highest BCUT2D eigenvalue weighted by Gasteiger charge is 2.02. The molecule has 1 N–H and O–H groups in total. The van der Waals surface area contributed by atoms with Gasteiger partial charge in [0.1, 0.15) is 0 Å². The van der Waals surface area contributed by atoms with Gasteiger partial charge >= 0.3 is 0 Å². The van der Waals surface area contributed by atoms with Crippen molar-refractivity contribution >= 4 is 0 Å². The molecule has 0 saturated carbocycles. The van der Waals surface area contributed by atoms with Crippen molar-refractivity contribution in [3.8, 4) is 12.3 Å². The van der Waals surface area contributed by atoms with E-state index in [4.69, 9.17) is 6.42 Å². The van der Waals surface area contributed by atoms with Crippen molar-refractivity contribution in [1.82, 2.24) is 5.32 Å². The number of aryl methyl sites for hydroxylation is 3. The van der Waals surface area contributed by atoms with Crippen molar-refractivity contribution in [2.75, 3.05) is 6.54 Å². The van der Waals surface area contributed by atoms with Gasteiger partial charge in [-0.2, -0.15) is 0 Å². The molecule has 1 nitrogen and oxygen atoms in total. The molecule has 16 heavy (non-hydrogen) atoms. The van der Waals surface area contributed by atoms with E-state index in [1.54, 1.807) is 0 Å². The topological polar surface area (TPSA) is 12.0 Å². The van der Waals surface area contributed by atoms with Crippen LogP contribution in [0.3, 0.4) is 0 Å². The Morgan fingerprint density at radius 3 is 2.38 bits per heavy atom. The fourth-order valence-electron chi connectivity index (χ4n) is 2.02. The lowest BCUT2D eigenvalue weighted by Crippen LogP contribution is -2.16. The molecule has 0 spiro atoms. The first-order valence-electron chi connectivity index (χ1n) is 5.86. The molecule has 0 radical (unpaired) electrons. The van der Waals surface area contributed by atoms with Gasteiger partial charge in [0.2, 0.25) is 0 Å². The number of benzene rings is 1. The quantitative estimate of drug-likeness (QED) is 0.588. The zero-order valence-corrected chi connectivity index (χ0v) is 10.6. The van der Waals surface area contributed by atoms with Gasteiger partial charge in [-0.25, -0.2) is 0 Å². The minimum absolute atomic E-state index is 0.860. The van der Waals surface area contributed by atoms with Crippen molar-refractivity contribution in [3.05, 3.63) is 34.4 Å². The van der Waals surface area contributed by atoms with Gasteiger partial charge in [0, 0.05) is 13.0 Å². The van der Waals surface area contributed by atoms with Crippen molar-refractivity contribution in [1.29, 1.82) is 0 Å². The van der Waals surface area contributed by atoms with Crippen LogP contribution in [-0.4, -0.2) is 6.54 Å². The van der Waals surface area contributed by atoms with Gasteiger partial charge in [-0.15, -0.1) is 12.3 Å². The monoisotopic (exact) mass is 215 g/mol. The summed E-state index contributed by atoms with van der Waals surface area (Å²) in [5.41, 5.74) is 5.52. The molecule has 1 heteroatoms. The molecule has 1 aromatic carbocycles. The van der Waals surface area contributed by atoms with E-state index >= 15 is 0 Å².